The van der Waals surface area contributed by atoms with E-state index in [-0.39, 0.29) is 0 Å². The molecule has 0 unspecified atom stereocenters. The molecular formula is C18H15N3. The molecule has 0 aliphatic carbocycles. The Morgan fingerprint density at radius 3 is 2.76 bits per heavy atom. The molecule has 1 N–H and O–H groups in total. The number of imidazole rings is 1. The summed E-state index contributed by atoms with van der Waals surface area (Å²) in [6.07, 6.45) is 2.64. The number of rotatable bonds is 2. The highest BCUT2D eigenvalue weighted by Gasteiger charge is 2.05. The molecule has 0 aliphatic rings. The average Bonchev–Trinajstić information content (AvgIpc) is 2.88. The van der Waals surface area contributed by atoms with Crippen molar-refractivity contribution in [2.75, 3.05) is 0 Å². The van der Waals surface area contributed by atoms with E-state index in [2.05, 4.69) is 63.5 Å². The minimum atomic E-state index is 0.788. The lowest BCUT2D eigenvalue weighted by Crippen LogP contribution is -1.90. The summed E-state index contributed by atoms with van der Waals surface area (Å²) >= 11 is 0. The van der Waals surface area contributed by atoms with Gasteiger partial charge in [-0.3, -0.25) is 0 Å². The van der Waals surface area contributed by atoms with E-state index < -0.39 is 0 Å². The number of aromatic nitrogens is 3. The van der Waals surface area contributed by atoms with Crippen molar-refractivity contribution in [1.82, 2.24) is 15.0 Å². The van der Waals surface area contributed by atoms with Crippen LogP contribution in [0.15, 0.2) is 54.7 Å². The number of fused-ring (bicyclic) bond motifs is 2. The number of hydrogen-bond acceptors (Lipinski definition) is 2. The lowest BCUT2D eigenvalue weighted by molar-refractivity contribution is 1.04. The van der Waals surface area contributed by atoms with E-state index in [4.69, 9.17) is 0 Å². The van der Waals surface area contributed by atoms with Gasteiger partial charge >= 0.3 is 0 Å². The van der Waals surface area contributed by atoms with Gasteiger partial charge in [0.25, 0.3) is 0 Å². The Balaban J connectivity index is 1.71. The van der Waals surface area contributed by atoms with Gasteiger partial charge < -0.3 is 4.98 Å². The molecule has 4 rings (SSSR count). The highest BCUT2D eigenvalue weighted by Crippen LogP contribution is 2.18. The topological polar surface area (TPSA) is 41.6 Å². The second-order valence-corrected chi connectivity index (χ2v) is 5.43. The summed E-state index contributed by atoms with van der Waals surface area (Å²) in [6.45, 7) is 2.04. The van der Waals surface area contributed by atoms with E-state index >= 15 is 0 Å². The van der Waals surface area contributed by atoms with E-state index in [1.807, 2.05) is 13.1 Å². The molecule has 3 heteroatoms. The summed E-state index contributed by atoms with van der Waals surface area (Å²) in [5, 5.41) is 2.53. The smallest absolute Gasteiger partial charge is 0.177 e. The van der Waals surface area contributed by atoms with Crippen LogP contribution in [0.2, 0.25) is 0 Å². The highest BCUT2D eigenvalue weighted by molar-refractivity contribution is 5.83. The van der Waals surface area contributed by atoms with Crippen molar-refractivity contribution in [2.24, 2.45) is 0 Å². The van der Waals surface area contributed by atoms with Crippen LogP contribution in [0.25, 0.3) is 21.9 Å². The maximum absolute atomic E-state index is 4.56. The molecule has 0 spiro atoms. The molecule has 0 amide bonds. The normalized spacial score (nSPS) is 11.3. The van der Waals surface area contributed by atoms with Crippen molar-refractivity contribution >= 4 is 21.9 Å². The molecule has 0 bridgehead atoms. The minimum Gasteiger partial charge on any atom is -0.340 e. The van der Waals surface area contributed by atoms with E-state index in [1.165, 1.54) is 16.3 Å². The van der Waals surface area contributed by atoms with E-state index in [0.717, 1.165) is 29.0 Å². The first kappa shape index (κ1) is 12.1. The van der Waals surface area contributed by atoms with Gasteiger partial charge in [0.1, 0.15) is 5.82 Å². The molecule has 4 aromatic rings. The molecule has 0 saturated carbocycles. The molecule has 3 nitrogen and oxygen atoms in total. The standard InChI is InChI=1S/C18H15N3/c1-12-8-16-18(19-11-12)21-17(20-16)10-13-6-7-14-4-2-3-5-15(14)9-13/h2-9,11H,10H2,1H3,(H,19,20,21). The first-order valence-electron chi connectivity index (χ1n) is 7.07. The minimum absolute atomic E-state index is 0.788. The van der Waals surface area contributed by atoms with Crippen molar-refractivity contribution in [3.05, 3.63) is 71.7 Å². The number of nitrogens with one attached hydrogen (secondary N) is 1. The van der Waals surface area contributed by atoms with Crippen molar-refractivity contribution in [3.63, 3.8) is 0 Å². The SMILES string of the molecule is Cc1cnc2nc(Cc3ccc4ccccc4c3)[nH]c2c1. The average molecular weight is 273 g/mol. The number of H-pyrrole nitrogens is 1. The van der Waals surface area contributed by atoms with Gasteiger partial charge in [-0.05, 0) is 34.9 Å². The van der Waals surface area contributed by atoms with Crippen molar-refractivity contribution in [2.45, 2.75) is 13.3 Å². The predicted molar refractivity (Wildman–Crippen MR) is 85.4 cm³/mol. The monoisotopic (exact) mass is 273 g/mol. The van der Waals surface area contributed by atoms with Crippen LogP contribution < -0.4 is 0 Å². The van der Waals surface area contributed by atoms with Gasteiger partial charge in [0, 0.05) is 12.6 Å². The Hall–Kier alpha value is -2.68. The maximum Gasteiger partial charge on any atom is 0.177 e. The number of nitrogens with zero attached hydrogens (tertiary/aromatic N) is 2. The largest absolute Gasteiger partial charge is 0.340 e. The van der Waals surface area contributed by atoms with Crippen LogP contribution in [-0.2, 0) is 6.42 Å². The third kappa shape index (κ3) is 2.27. The van der Waals surface area contributed by atoms with E-state index in [9.17, 15) is 0 Å². The first-order valence-corrected chi connectivity index (χ1v) is 7.07. The summed E-state index contributed by atoms with van der Waals surface area (Å²) < 4.78 is 0. The Bertz CT molecular complexity index is 937. The Kier molecular flexibility index (Phi) is 2.71. The molecule has 0 atom stereocenters. The molecule has 2 aromatic heterocycles. The maximum atomic E-state index is 4.56. The molecule has 0 saturated heterocycles. The van der Waals surface area contributed by atoms with Crippen LogP contribution in [0.1, 0.15) is 17.0 Å². The zero-order valence-electron chi connectivity index (χ0n) is 11.8. The highest BCUT2D eigenvalue weighted by atomic mass is 15.0. The molecule has 0 aliphatic heterocycles. The van der Waals surface area contributed by atoms with Gasteiger partial charge in [-0.2, -0.15) is 0 Å². The summed E-state index contributed by atoms with van der Waals surface area (Å²) in [4.78, 5) is 12.3. The fourth-order valence-corrected chi connectivity index (χ4v) is 2.68. The van der Waals surface area contributed by atoms with Crippen LogP contribution in [0.5, 0.6) is 0 Å². The Labute approximate surface area is 122 Å². The Morgan fingerprint density at radius 1 is 1.00 bits per heavy atom. The predicted octanol–water partition coefficient (Wildman–Crippen LogP) is 4.01. The van der Waals surface area contributed by atoms with Crippen LogP contribution >= 0.6 is 0 Å². The first-order chi connectivity index (χ1) is 10.3. The zero-order chi connectivity index (χ0) is 14.2. The van der Waals surface area contributed by atoms with Gasteiger partial charge in [-0.25, -0.2) is 9.97 Å². The fourth-order valence-electron chi connectivity index (χ4n) is 2.68. The van der Waals surface area contributed by atoms with Crippen LogP contribution in [0.3, 0.4) is 0 Å². The van der Waals surface area contributed by atoms with Gasteiger partial charge in [-0.1, -0.05) is 42.5 Å². The van der Waals surface area contributed by atoms with E-state index in [1.54, 1.807) is 0 Å². The number of hydrogen-bond donors (Lipinski definition) is 1. The zero-order valence-corrected chi connectivity index (χ0v) is 11.8. The van der Waals surface area contributed by atoms with Gasteiger partial charge in [-0.15, -0.1) is 0 Å². The van der Waals surface area contributed by atoms with Gasteiger partial charge in [0.05, 0.1) is 5.52 Å². The van der Waals surface area contributed by atoms with Crippen LogP contribution in [0.4, 0.5) is 0 Å². The number of benzene rings is 2. The van der Waals surface area contributed by atoms with Gasteiger partial charge in [0.2, 0.25) is 0 Å². The molecule has 21 heavy (non-hydrogen) atoms. The molecule has 102 valence electrons. The molecule has 0 radical (unpaired) electrons. The fraction of sp³-hybridized carbons (Fsp3) is 0.111. The molecule has 0 fully saturated rings. The quantitative estimate of drug-likeness (QED) is 0.599. The summed E-state index contributed by atoms with van der Waals surface area (Å²) in [5.74, 6) is 0.957. The molecule has 2 aromatic carbocycles. The number of pyridine rings is 1. The lowest BCUT2D eigenvalue weighted by atomic mass is 10.1. The third-order valence-corrected chi connectivity index (χ3v) is 3.71. The van der Waals surface area contributed by atoms with Gasteiger partial charge in [0.15, 0.2) is 5.65 Å². The number of aromatic amines is 1. The lowest BCUT2D eigenvalue weighted by Gasteiger charge is -2.01. The number of aryl methyl sites for hydroxylation is 1. The van der Waals surface area contributed by atoms with Crippen molar-refractivity contribution in [1.29, 1.82) is 0 Å². The molecular weight excluding hydrogens is 258 g/mol. The molecule has 2 heterocycles. The van der Waals surface area contributed by atoms with Crippen LogP contribution in [0, 0.1) is 6.92 Å². The second-order valence-electron chi connectivity index (χ2n) is 5.43. The summed E-state index contributed by atoms with van der Waals surface area (Å²) in [5.41, 5.74) is 4.19. The summed E-state index contributed by atoms with van der Waals surface area (Å²) in [7, 11) is 0. The van der Waals surface area contributed by atoms with Crippen molar-refractivity contribution in [3.8, 4) is 0 Å². The van der Waals surface area contributed by atoms with E-state index in [0.29, 0.717) is 0 Å². The second kappa shape index (κ2) is 4.70. The Morgan fingerprint density at radius 2 is 1.86 bits per heavy atom. The third-order valence-electron chi connectivity index (χ3n) is 3.71. The van der Waals surface area contributed by atoms with Crippen LogP contribution in [-0.4, -0.2) is 15.0 Å². The summed E-state index contributed by atoms with van der Waals surface area (Å²) in [6, 6.07) is 17.0. The van der Waals surface area contributed by atoms with Crippen molar-refractivity contribution < 1.29 is 0 Å².